The summed E-state index contributed by atoms with van der Waals surface area (Å²) in [6.07, 6.45) is 1.34. The minimum atomic E-state index is -0.729. The van der Waals surface area contributed by atoms with Gasteiger partial charge >= 0.3 is 5.97 Å². The van der Waals surface area contributed by atoms with Gasteiger partial charge in [0.05, 0.1) is 7.11 Å². The average Bonchev–Trinajstić information content (AvgIpc) is 1.87. The first kappa shape index (κ1) is 7.95. The molecule has 0 aliphatic carbocycles. The Labute approximate surface area is 53.8 Å². The predicted molar refractivity (Wildman–Crippen MR) is 33.7 cm³/mol. The van der Waals surface area contributed by atoms with Gasteiger partial charge < -0.3 is 10.5 Å². The molecule has 0 bridgehead atoms. The topological polar surface area (TPSA) is 52.3 Å². The van der Waals surface area contributed by atoms with Crippen LogP contribution in [-0.4, -0.2) is 19.1 Å². The van der Waals surface area contributed by atoms with E-state index in [1.165, 1.54) is 13.2 Å². The number of esters is 1. The van der Waals surface area contributed by atoms with Crippen LogP contribution in [0.15, 0.2) is 18.4 Å². The lowest BCUT2D eigenvalue weighted by Gasteiger charge is -1.99. The fourth-order valence-corrected chi connectivity index (χ4v) is 0.331. The fraction of sp³-hybridized carbons (Fsp3) is 0.333. The van der Waals surface area contributed by atoms with Crippen molar-refractivity contribution in [2.24, 2.45) is 5.73 Å². The molecule has 0 amide bonds. The summed E-state index contributed by atoms with van der Waals surface area (Å²) in [5, 5.41) is 0. The van der Waals surface area contributed by atoms with Crippen LogP contribution in [0.4, 0.5) is 0 Å². The van der Waals surface area contributed by atoms with E-state index < -0.39 is 12.0 Å². The summed E-state index contributed by atoms with van der Waals surface area (Å²) in [7, 11) is 1.28. The molecule has 0 fully saturated rings. The van der Waals surface area contributed by atoms with E-state index >= 15 is 0 Å². The van der Waals surface area contributed by atoms with Crippen LogP contribution in [0.3, 0.4) is 0 Å². The van der Waals surface area contributed by atoms with Crippen LogP contribution in [0.1, 0.15) is 0 Å². The molecule has 3 heteroatoms. The Balaban J connectivity index is 3.87. The van der Waals surface area contributed by atoms with Crippen molar-refractivity contribution < 1.29 is 9.53 Å². The SMILES string of the molecule is C=C=C[C@H](N)C(=O)OC. The Morgan fingerprint density at radius 2 is 2.56 bits per heavy atom. The Morgan fingerprint density at radius 1 is 2.00 bits per heavy atom. The van der Waals surface area contributed by atoms with E-state index in [0.717, 1.165) is 0 Å². The molecule has 0 saturated carbocycles. The van der Waals surface area contributed by atoms with Crippen molar-refractivity contribution in [3.05, 3.63) is 18.4 Å². The highest BCUT2D eigenvalue weighted by atomic mass is 16.5. The van der Waals surface area contributed by atoms with Crippen molar-refractivity contribution in [3.8, 4) is 0 Å². The van der Waals surface area contributed by atoms with Crippen LogP contribution in [0, 0.1) is 0 Å². The second-order valence-electron chi connectivity index (χ2n) is 1.42. The second kappa shape index (κ2) is 3.89. The molecule has 50 valence electrons. The maximum absolute atomic E-state index is 10.5. The minimum absolute atomic E-state index is 0.480. The van der Waals surface area contributed by atoms with Gasteiger partial charge in [0.15, 0.2) is 0 Å². The molecule has 2 N–H and O–H groups in total. The Morgan fingerprint density at radius 3 is 2.89 bits per heavy atom. The molecule has 0 saturated heterocycles. The first-order valence-corrected chi connectivity index (χ1v) is 2.41. The first-order chi connectivity index (χ1) is 4.22. The molecule has 0 aromatic carbocycles. The lowest BCUT2D eigenvalue weighted by Crippen LogP contribution is -2.28. The van der Waals surface area contributed by atoms with Crippen LogP contribution in [0.25, 0.3) is 0 Å². The van der Waals surface area contributed by atoms with Gasteiger partial charge in [0, 0.05) is 0 Å². The van der Waals surface area contributed by atoms with E-state index in [4.69, 9.17) is 5.73 Å². The summed E-state index contributed by atoms with van der Waals surface area (Å²) in [5.74, 6) is -0.480. The molecule has 9 heavy (non-hydrogen) atoms. The number of carbonyl (C=O) groups excluding carboxylic acids is 1. The van der Waals surface area contributed by atoms with Crippen molar-refractivity contribution in [3.63, 3.8) is 0 Å². The van der Waals surface area contributed by atoms with Crippen LogP contribution in [-0.2, 0) is 9.53 Å². The van der Waals surface area contributed by atoms with Crippen LogP contribution in [0.2, 0.25) is 0 Å². The molecule has 0 rings (SSSR count). The maximum atomic E-state index is 10.5. The van der Waals surface area contributed by atoms with Gasteiger partial charge in [-0.05, 0) is 6.08 Å². The van der Waals surface area contributed by atoms with Crippen molar-refractivity contribution in [2.75, 3.05) is 7.11 Å². The molecular formula is C6H9NO2. The smallest absolute Gasteiger partial charge is 0.327 e. The number of ether oxygens (including phenoxy) is 1. The lowest BCUT2D eigenvalue weighted by atomic mass is 10.3. The average molecular weight is 127 g/mol. The number of carbonyl (C=O) groups is 1. The van der Waals surface area contributed by atoms with Gasteiger partial charge in [0.1, 0.15) is 6.04 Å². The molecule has 0 unspecified atom stereocenters. The van der Waals surface area contributed by atoms with E-state index in [9.17, 15) is 4.79 Å². The van der Waals surface area contributed by atoms with E-state index in [1.54, 1.807) is 0 Å². The number of methoxy groups -OCH3 is 1. The van der Waals surface area contributed by atoms with Crippen LogP contribution in [0.5, 0.6) is 0 Å². The Kier molecular flexibility index (Phi) is 3.44. The predicted octanol–water partition coefficient (Wildman–Crippen LogP) is -0.172. The van der Waals surface area contributed by atoms with Crippen molar-refractivity contribution in [1.82, 2.24) is 0 Å². The van der Waals surface area contributed by atoms with E-state index in [1.807, 2.05) is 0 Å². The molecule has 1 atom stereocenters. The zero-order valence-electron chi connectivity index (χ0n) is 5.26. The summed E-state index contributed by atoms with van der Waals surface area (Å²) < 4.78 is 4.30. The third-order valence-corrected chi connectivity index (χ3v) is 0.771. The van der Waals surface area contributed by atoms with E-state index in [2.05, 4.69) is 17.0 Å². The number of hydrogen-bond acceptors (Lipinski definition) is 3. The van der Waals surface area contributed by atoms with Crippen LogP contribution >= 0.6 is 0 Å². The van der Waals surface area contributed by atoms with E-state index in [0.29, 0.717) is 0 Å². The fourth-order valence-electron chi connectivity index (χ4n) is 0.331. The normalized spacial score (nSPS) is 11.3. The molecule has 0 aliphatic heterocycles. The monoisotopic (exact) mass is 127 g/mol. The zero-order chi connectivity index (χ0) is 7.28. The van der Waals surface area contributed by atoms with Crippen molar-refractivity contribution in [1.29, 1.82) is 0 Å². The summed E-state index contributed by atoms with van der Waals surface area (Å²) in [4.78, 5) is 10.5. The maximum Gasteiger partial charge on any atom is 0.327 e. The number of rotatable bonds is 2. The first-order valence-electron chi connectivity index (χ1n) is 2.41. The highest BCUT2D eigenvalue weighted by Crippen LogP contribution is 1.82. The van der Waals surface area contributed by atoms with Crippen molar-refractivity contribution >= 4 is 5.97 Å². The second-order valence-corrected chi connectivity index (χ2v) is 1.42. The highest BCUT2D eigenvalue weighted by Gasteiger charge is 2.07. The molecule has 0 spiro atoms. The highest BCUT2D eigenvalue weighted by molar-refractivity contribution is 5.77. The number of nitrogens with two attached hydrogens (primary N) is 1. The molecule has 3 nitrogen and oxygen atoms in total. The van der Waals surface area contributed by atoms with Crippen LogP contribution < -0.4 is 5.73 Å². The standard InChI is InChI=1S/C6H9NO2/c1-3-4-5(7)6(8)9-2/h4-5H,1,7H2,2H3/t5-/m0/s1. The number of hydrogen-bond donors (Lipinski definition) is 1. The van der Waals surface area contributed by atoms with Gasteiger partial charge in [-0.15, -0.1) is 5.73 Å². The van der Waals surface area contributed by atoms with Gasteiger partial charge in [-0.25, -0.2) is 0 Å². The molecule has 0 aliphatic rings. The summed E-state index contributed by atoms with van der Waals surface area (Å²) in [6.45, 7) is 3.25. The molecular weight excluding hydrogens is 118 g/mol. The van der Waals surface area contributed by atoms with Gasteiger partial charge in [0.25, 0.3) is 0 Å². The Bertz CT molecular complexity index is 147. The third kappa shape index (κ3) is 2.69. The lowest BCUT2D eigenvalue weighted by molar-refractivity contribution is -0.140. The molecule has 0 aromatic rings. The summed E-state index contributed by atoms with van der Waals surface area (Å²) in [5.41, 5.74) is 7.59. The Hall–Kier alpha value is -1.05. The summed E-state index contributed by atoms with van der Waals surface area (Å²) in [6, 6.07) is -0.729. The minimum Gasteiger partial charge on any atom is -0.468 e. The molecule has 0 aromatic heterocycles. The van der Waals surface area contributed by atoms with Gasteiger partial charge in [0.2, 0.25) is 0 Å². The van der Waals surface area contributed by atoms with E-state index in [-0.39, 0.29) is 0 Å². The van der Waals surface area contributed by atoms with Gasteiger partial charge in [-0.2, -0.15) is 0 Å². The molecule has 0 heterocycles. The third-order valence-electron chi connectivity index (χ3n) is 0.771. The summed E-state index contributed by atoms with van der Waals surface area (Å²) >= 11 is 0. The van der Waals surface area contributed by atoms with Gasteiger partial charge in [-0.1, -0.05) is 6.58 Å². The zero-order valence-corrected chi connectivity index (χ0v) is 5.26. The largest absolute Gasteiger partial charge is 0.468 e. The van der Waals surface area contributed by atoms with Crippen molar-refractivity contribution in [2.45, 2.75) is 6.04 Å². The van der Waals surface area contributed by atoms with Gasteiger partial charge in [-0.3, -0.25) is 4.79 Å². The molecule has 0 radical (unpaired) electrons. The quantitative estimate of drug-likeness (QED) is 0.414.